The number of carbonyl (C=O) groups excluding carboxylic acids is 1. The Kier molecular flexibility index (Phi) is 4.13. The molecule has 1 N–H and O–H groups in total. The van der Waals surface area contributed by atoms with Crippen molar-refractivity contribution in [3.8, 4) is 0 Å². The van der Waals surface area contributed by atoms with E-state index in [1.807, 2.05) is 55.5 Å². The quantitative estimate of drug-likeness (QED) is 0.868. The van der Waals surface area contributed by atoms with Crippen molar-refractivity contribution >= 4 is 11.5 Å². The fraction of sp³-hybridized carbons (Fsp3) is 0.188. The highest BCUT2D eigenvalue weighted by Crippen LogP contribution is 2.07. The van der Waals surface area contributed by atoms with Gasteiger partial charge in [0.2, 0.25) is 0 Å². The second kappa shape index (κ2) is 6.01. The van der Waals surface area contributed by atoms with Crippen LogP contribution in [0.1, 0.15) is 11.1 Å². The Morgan fingerprint density at radius 3 is 2.56 bits per heavy atom. The van der Waals surface area contributed by atoms with Gasteiger partial charge in [-0.1, -0.05) is 48.0 Å². The van der Waals surface area contributed by atoms with E-state index in [2.05, 4.69) is 11.4 Å². The van der Waals surface area contributed by atoms with Crippen molar-refractivity contribution in [2.75, 3.05) is 11.9 Å². The summed E-state index contributed by atoms with van der Waals surface area (Å²) < 4.78 is 0. The molecule has 0 aliphatic carbocycles. The number of para-hydroxylation sites is 1. The molecule has 0 bridgehead atoms. The van der Waals surface area contributed by atoms with Gasteiger partial charge >= 0.3 is 0 Å². The van der Waals surface area contributed by atoms with Gasteiger partial charge in [0.25, 0.3) is 0 Å². The Morgan fingerprint density at radius 1 is 1.06 bits per heavy atom. The van der Waals surface area contributed by atoms with E-state index >= 15 is 0 Å². The second-order valence-corrected chi connectivity index (χ2v) is 4.42. The standard InChI is InChI=1S/C16H17NO/c1-13-6-5-7-14(10-13)11-16(18)12-17-15-8-3-2-4-9-15/h2-10,17H,11-12H2,1H3. The van der Waals surface area contributed by atoms with E-state index in [4.69, 9.17) is 0 Å². The molecule has 92 valence electrons. The van der Waals surface area contributed by atoms with Gasteiger partial charge in [0.15, 0.2) is 5.78 Å². The number of ketones is 1. The zero-order valence-corrected chi connectivity index (χ0v) is 10.5. The van der Waals surface area contributed by atoms with Crippen molar-refractivity contribution in [3.05, 3.63) is 65.7 Å². The first-order chi connectivity index (χ1) is 8.74. The first-order valence-corrected chi connectivity index (χ1v) is 6.10. The molecular formula is C16H17NO. The lowest BCUT2D eigenvalue weighted by Gasteiger charge is -2.06. The van der Waals surface area contributed by atoms with E-state index in [-0.39, 0.29) is 5.78 Å². The average Bonchev–Trinajstić information content (AvgIpc) is 2.38. The lowest BCUT2D eigenvalue weighted by Crippen LogP contribution is -2.15. The number of benzene rings is 2. The van der Waals surface area contributed by atoms with Crippen LogP contribution in [0.4, 0.5) is 5.69 Å². The van der Waals surface area contributed by atoms with Crippen molar-refractivity contribution in [1.29, 1.82) is 0 Å². The van der Waals surface area contributed by atoms with Gasteiger partial charge in [-0.05, 0) is 24.6 Å². The smallest absolute Gasteiger partial charge is 0.156 e. The first kappa shape index (κ1) is 12.4. The predicted molar refractivity (Wildman–Crippen MR) is 74.8 cm³/mol. The van der Waals surface area contributed by atoms with Gasteiger partial charge in [-0.3, -0.25) is 4.79 Å². The summed E-state index contributed by atoms with van der Waals surface area (Å²) in [6.45, 7) is 2.41. The highest BCUT2D eigenvalue weighted by molar-refractivity contribution is 5.85. The minimum atomic E-state index is 0.199. The van der Waals surface area contributed by atoms with Gasteiger partial charge in [-0.25, -0.2) is 0 Å². The molecule has 2 nitrogen and oxygen atoms in total. The molecule has 0 aromatic heterocycles. The molecule has 0 saturated heterocycles. The molecule has 18 heavy (non-hydrogen) atoms. The number of anilines is 1. The van der Waals surface area contributed by atoms with Crippen LogP contribution in [0.2, 0.25) is 0 Å². The number of carbonyl (C=O) groups is 1. The number of nitrogens with one attached hydrogen (secondary N) is 1. The Labute approximate surface area is 108 Å². The number of hydrogen-bond donors (Lipinski definition) is 1. The van der Waals surface area contributed by atoms with E-state index in [9.17, 15) is 4.79 Å². The summed E-state index contributed by atoms with van der Waals surface area (Å²) in [6.07, 6.45) is 0.488. The summed E-state index contributed by atoms with van der Waals surface area (Å²) in [5, 5.41) is 3.13. The summed E-state index contributed by atoms with van der Waals surface area (Å²) in [6, 6.07) is 17.9. The summed E-state index contributed by atoms with van der Waals surface area (Å²) in [5.74, 6) is 0.199. The molecule has 0 amide bonds. The third-order valence-electron chi connectivity index (χ3n) is 2.75. The van der Waals surface area contributed by atoms with E-state index in [1.54, 1.807) is 0 Å². The molecule has 2 rings (SSSR count). The van der Waals surface area contributed by atoms with Crippen LogP contribution in [0.15, 0.2) is 54.6 Å². The maximum Gasteiger partial charge on any atom is 0.156 e. The maximum atomic E-state index is 11.8. The highest BCUT2D eigenvalue weighted by atomic mass is 16.1. The van der Waals surface area contributed by atoms with Gasteiger partial charge in [-0.15, -0.1) is 0 Å². The van der Waals surface area contributed by atoms with Crippen LogP contribution in [0.3, 0.4) is 0 Å². The van der Waals surface area contributed by atoms with E-state index in [0.29, 0.717) is 13.0 Å². The molecule has 0 aliphatic rings. The number of Topliss-reactive ketones (excluding diaryl/α,β-unsaturated/α-hetero) is 1. The van der Waals surface area contributed by atoms with Crippen molar-refractivity contribution in [1.82, 2.24) is 0 Å². The van der Waals surface area contributed by atoms with Gasteiger partial charge in [0, 0.05) is 12.1 Å². The summed E-state index contributed by atoms with van der Waals surface area (Å²) in [5.41, 5.74) is 3.25. The minimum Gasteiger partial charge on any atom is -0.378 e. The number of aryl methyl sites for hydroxylation is 1. The van der Waals surface area contributed by atoms with Crippen LogP contribution in [0.25, 0.3) is 0 Å². The van der Waals surface area contributed by atoms with Crippen LogP contribution in [-0.2, 0) is 11.2 Å². The lowest BCUT2D eigenvalue weighted by molar-refractivity contribution is -0.116. The van der Waals surface area contributed by atoms with E-state index < -0.39 is 0 Å². The van der Waals surface area contributed by atoms with Gasteiger partial charge < -0.3 is 5.32 Å². The van der Waals surface area contributed by atoms with E-state index in [0.717, 1.165) is 11.3 Å². The monoisotopic (exact) mass is 239 g/mol. The number of hydrogen-bond acceptors (Lipinski definition) is 2. The lowest BCUT2D eigenvalue weighted by atomic mass is 10.1. The molecule has 0 heterocycles. The molecule has 2 aromatic carbocycles. The molecule has 2 aromatic rings. The van der Waals surface area contributed by atoms with Crippen LogP contribution < -0.4 is 5.32 Å². The van der Waals surface area contributed by atoms with Crippen molar-refractivity contribution in [3.63, 3.8) is 0 Å². The largest absolute Gasteiger partial charge is 0.378 e. The van der Waals surface area contributed by atoms with Gasteiger partial charge in [0.05, 0.1) is 6.54 Å². The Hall–Kier alpha value is -2.09. The van der Waals surface area contributed by atoms with Gasteiger partial charge in [0.1, 0.15) is 0 Å². The third-order valence-corrected chi connectivity index (χ3v) is 2.75. The summed E-state index contributed by atoms with van der Waals surface area (Å²) in [4.78, 5) is 11.8. The van der Waals surface area contributed by atoms with Crippen LogP contribution in [0, 0.1) is 6.92 Å². The molecular weight excluding hydrogens is 222 g/mol. The zero-order chi connectivity index (χ0) is 12.8. The summed E-state index contributed by atoms with van der Waals surface area (Å²) in [7, 11) is 0. The SMILES string of the molecule is Cc1cccc(CC(=O)CNc2ccccc2)c1. The molecule has 0 spiro atoms. The third kappa shape index (κ3) is 3.74. The van der Waals surface area contributed by atoms with Crippen molar-refractivity contribution in [2.45, 2.75) is 13.3 Å². The Morgan fingerprint density at radius 2 is 1.83 bits per heavy atom. The van der Waals surface area contributed by atoms with Crippen LogP contribution >= 0.6 is 0 Å². The second-order valence-electron chi connectivity index (χ2n) is 4.42. The molecule has 0 fully saturated rings. The molecule has 0 radical (unpaired) electrons. The van der Waals surface area contributed by atoms with E-state index in [1.165, 1.54) is 5.56 Å². The molecule has 2 heteroatoms. The van der Waals surface area contributed by atoms with Crippen LogP contribution in [-0.4, -0.2) is 12.3 Å². The Balaban J connectivity index is 1.86. The zero-order valence-electron chi connectivity index (χ0n) is 10.5. The fourth-order valence-electron chi connectivity index (χ4n) is 1.87. The normalized spacial score (nSPS) is 10.1. The minimum absolute atomic E-state index is 0.199. The van der Waals surface area contributed by atoms with Crippen molar-refractivity contribution in [2.24, 2.45) is 0 Å². The Bertz CT molecular complexity index is 520. The average molecular weight is 239 g/mol. The number of rotatable bonds is 5. The maximum absolute atomic E-state index is 11.8. The summed E-state index contributed by atoms with van der Waals surface area (Å²) >= 11 is 0. The van der Waals surface area contributed by atoms with Gasteiger partial charge in [-0.2, -0.15) is 0 Å². The first-order valence-electron chi connectivity index (χ1n) is 6.10. The van der Waals surface area contributed by atoms with Crippen molar-refractivity contribution < 1.29 is 4.79 Å². The van der Waals surface area contributed by atoms with Crippen LogP contribution in [0.5, 0.6) is 0 Å². The molecule has 0 atom stereocenters. The predicted octanol–water partition coefficient (Wildman–Crippen LogP) is 3.22. The highest BCUT2D eigenvalue weighted by Gasteiger charge is 2.03. The topological polar surface area (TPSA) is 29.1 Å². The molecule has 0 aliphatic heterocycles. The molecule has 0 saturated carbocycles. The fourth-order valence-corrected chi connectivity index (χ4v) is 1.87. The molecule has 0 unspecified atom stereocenters.